The van der Waals surface area contributed by atoms with E-state index in [4.69, 9.17) is 25.5 Å². The van der Waals surface area contributed by atoms with Crippen LogP contribution in [0, 0.1) is 0 Å². The average Bonchev–Trinajstić information content (AvgIpc) is 3.42. The Hall–Kier alpha value is -3.33. The summed E-state index contributed by atoms with van der Waals surface area (Å²) < 4.78 is 16.6. The highest BCUT2D eigenvalue weighted by molar-refractivity contribution is 6.30. The monoisotopic (exact) mass is 496 g/mol. The number of nitrogens with one attached hydrogen (secondary N) is 1. The summed E-state index contributed by atoms with van der Waals surface area (Å²) >= 11 is 6.24. The summed E-state index contributed by atoms with van der Waals surface area (Å²) in [7, 11) is 1.51. The number of morpholine rings is 1. The third-order valence-electron chi connectivity index (χ3n) is 6.55. The summed E-state index contributed by atoms with van der Waals surface area (Å²) in [6.45, 7) is 3.93. The van der Waals surface area contributed by atoms with E-state index in [9.17, 15) is 14.7 Å². The predicted octanol–water partition coefficient (Wildman–Crippen LogP) is 1.39. The number of quaternary nitrogens is 1. The SMILES string of the molecule is COc1cccc2cc(C(=O)C3=C([O-])C(=O)N(CC[NH+]4CCOCC4)C3c3cccc(Cl)c3)oc12. The Kier molecular flexibility index (Phi) is 6.51. The smallest absolute Gasteiger partial charge is 0.240 e. The van der Waals surface area contributed by atoms with Gasteiger partial charge in [0.1, 0.15) is 13.1 Å². The zero-order valence-corrected chi connectivity index (χ0v) is 20.0. The van der Waals surface area contributed by atoms with Crippen LogP contribution in [0.15, 0.2) is 64.3 Å². The summed E-state index contributed by atoms with van der Waals surface area (Å²) in [6, 6.07) is 12.9. The van der Waals surface area contributed by atoms with Gasteiger partial charge in [-0.1, -0.05) is 35.9 Å². The number of ether oxygens (including phenoxy) is 2. The van der Waals surface area contributed by atoms with Gasteiger partial charge in [0.25, 0.3) is 0 Å². The molecule has 1 N–H and O–H groups in total. The van der Waals surface area contributed by atoms with E-state index >= 15 is 0 Å². The predicted molar refractivity (Wildman–Crippen MR) is 126 cm³/mol. The van der Waals surface area contributed by atoms with Crippen molar-refractivity contribution in [3.63, 3.8) is 0 Å². The summed E-state index contributed by atoms with van der Waals surface area (Å²) in [5, 5.41) is 14.3. The molecule has 182 valence electrons. The molecule has 1 aromatic heterocycles. The summed E-state index contributed by atoms with van der Waals surface area (Å²) in [6.07, 6.45) is 0. The van der Waals surface area contributed by atoms with Gasteiger partial charge >= 0.3 is 0 Å². The highest BCUT2D eigenvalue weighted by Gasteiger charge is 2.41. The molecule has 0 saturated carbocycles. The van der Waals surface area contributed by atoms with Crippen molar-refractivity contribution in [2.75, 3.05) is 46.5 Å². The maximum absolute atomic E-state index is 13.7. The van der Waals surface area contributed by atoms with E-state index in [1.165, 1.54) is 16.9 Å². The van der Waals surface area contributed by atoms with E-state index in [0.29, 0.717) is 53.6 Å². The van der Waals surface area contributed by atoms with Crippen LogP contribution in [0.5, 0.6) is 5.75 Å². The minimum absolute atomic E-state index is 0.0201. The number of carbonyl (C=O) groups excluding carboxylic acids is 2. The van der Waals surface area contributed by atoms with Gasteiger partial charge in [-0.3, -0.25) is 9.59 Å². The number of hydrogen-bond donors (Lipinski definition) is 1. The summed E-state index contributed by atoms with van der Waals surface area (Å²) in [5.74, 6) is -1.67. The van der Waals surface area contributed by atoms with Crippen LogP contribution in [0.1, 0.15) is 22.2 Å². The molecule has 1 unspecified atom stereocenters. The number of fused-ring (bicyclic) bond motifs is 1. The molecular weight excluding hydrogens is 472 g/mol. The van der Waals surface area contributed by atoms with Gasteiger partial charge in [-0.2, -0.15) is 0 Å². The largest absolute Gasteiger partial charge is 0.868 e. The standard InChI is InChI=1S/C26H25ClN2O6/c1-33-19-7-3-5-17-15-20(35-25(17)19)23(30)21-22(16-4-2-6-18(27)14-16)29(26(32)24(21)31)9-8-28-10-12-34-13-11-28/h2-7,14-15,22,31H,8-13H2,1H3. The van der Waals surface area contributed by atoms with Crippen LogP contribution >= 0.6 is 11.6 Å². The Bertz CT molecular complexity index is 1310. The molecule has 2 aromatic carbocycles. The average molecular weight is 497 g/mol. The van der Waals surface area contributed by atoms with Crippen LogP contribution in [0.25, 0.3) is 11.0 Å². The van der Waals surface area contributed by atoms with E-state index in [-0.39, 0.29) is 11.3 Å². The van der Waals surface area contributed by atoms with Crippen molar-refractivity contribution < 1.29 is 33.5 Å². The Morgan fingerprint density at radius 2 is 1.97 bits per heavy atom. The lowest BCUT2D eigenvalue weighted by atomic mass is 9.95. The van der Waals surface area contributed by atoms with Crippen molar-refractivity contribution in [1.29, 1.82) is 0 Å². The van der Waals surface area contributed by atoms with Gasteiger partial charge in [0.15, 0.2) is 17.1 Å². The van der Waals surface area contributed by atoms with Crippen molar-refractivity contribution in [2.24, 2.45) is 0 Å². The molecule has 8 nitrogen and oxygen atoms in total. The number of amides is 1. The number of ketones is 1. The number of hydrogen-bond acceptors (Lipinski definition) is 6. The minimum atomic E-state index is -0.850. The van der Waals surface area contributed by atoms with Crippen LogP contribution < -0.4 is 14.7 Å². The van der Waals surface area contributed by atoms with Crippen molar-refractivity contribution in [3.05, 3.63) is 76.2 Å². The third kappa shape index (κ3) is 4.40. The first kappa shape index (κ1) is 23.4. The quantitative estimate of drug-likeness (QED) is 0.497. The molecule has 5 rings (SSSR count). The van der Waals surface area contributed by atoms with Crippen molar-refractivity contribution in [2.45, 2.75) is 6.04 Å². The maximum atomic E-state index is 13.7. The highest BCUT2D eigenvalue weighted by Crippen LogP contribution is 2.39. The second-order valence-corrected chi connectivity index (χ2v) is 9.07. The topological polar surface area (TPSA) is 96.5 Å². The number of rotatable bonds is 7. The number of halogens is 1. The van der Waals surface area contributed by atoms with Gasteiger partial charge < -0.3 is 28.8 Å². The Morgan fingerprint density at radius 3 is 2.71 bits per heavy atom. The second kappa shape index (κ2) is 9.73. The molecule has 2 aliphatic rings. The van der Waals surface area contributed by atoms with E-state index in [2.05, 4.69) is 0 Å². The molecule has 35 heavy (non-hydrogen) atoms. The number of furan rings is 1. The van der Waals surface area contributed by atoms with E-state index < -0.39 is 23.5 Å². The number of methoxy groups -OCH3 is 1. The molecule has 3 aromatic rings. The van der Waals surface area contributed by atoms with Crippen molar-refractivity contribution in [3.8, 4) is 5.75 Å². The number of Topliss-reactive ketones (excluding diaryl/α,β-unsaturated/α-hetero) is 1. The molecule has 0 radical (unpaired) electrons. The summed E-state index contributed by atoms with van der Waals surface area (Å²) in [5.41, 5.74) is 0.876. The van der Waals surface area contributed by atoms with Gasteiger partial charge in [-0.15, -0.1) is 0 Å². The molecule has 3 heterocycles. The van der Waals surface area contributed by atoms with Gasteiger partial charge in [-0.05, 0) is 35.6 Å². The zero-order valence-electron chi connectivity index (χ0n) is 19.2. The van der Waals surface area contributed by atoms with E-state index in [1.54, 1.807) is 48.5 Å². The molecule has 1 fully saturated rings. The maximum Gasteiger partial charge on any atom is 0.240 e. The molecule has 1 atom stereocenters. The van der Waals surface area contributed by atoms with Gasteiger partial charge in [-0.25, -0.2) is 0 Å². The fourth-order valence-electron chi connectivity index (χ4n) is 4.75. The van der Waals surface area contributed by atoms with E-state index in [0.717, 1.165) is 13.1 Å². The molecular formula is C26H25ClN2O6. The fourth-order valence-corrected chi connectivity index (χ4v) is 4.95. The molecule has 0 aliphatic carbocycles. The molecule has 0 spiro atoms. The third-order valence-corrected chi connectivity index (χ3v) is 6.79. The van der Waals surface area contributed by atoms with Gasteiger partial charge in [0.2, 0.25) is 11.7 Å². The number of carbonyl (C=O) groups is 2. The first-order valence-electron chi connectivity index (χ1n) is 11.5. The van der Waals surface area contributed by atoms with Crippen molar-refractivity contribution in [1.82, 2.24) is 4.90 Å². The Morgan fingerprint density at radius 1 is 1.20 bits per heavy atom. The number of nitrogens with zero attached hydrogens (tertiary/aromatic N) is 1. The molecule has 1 saturated heterocycles. The zero-order chi connectivity index (χ0) is 24.5. The highest BCUT2D eigenvalue weighted by atomic mass is 35.5. The lowest BCUT2D eigenvalue weighted by Gasteiger charge is -2.30. The first-order chi connectivity index (χ1) is 17.0. The molecule has 1 amide bonds. The number of benzene rings is 2. The minimum Gasteiger partial charge on any atom is -0.868 e. The Labute approximate surface area is 207 Å². The summed E-state index contributed by atoms with van der Waals surface area (Å²) in [4.78, 5) is 29.6. The van der Waals surface area contributed by atoms with E-state index in [1.807, 2.05) is 0 Å². The first-order valence-corrected chi connectivity index (χ1v) is 11.9. The second-order valence-electron chi connectivity index (χ2n) is 8.63. The van der Waals surface area contributed by atoms with Crippen LogP contribution in [0.4, 0.5) is 0 Å². The van der Waals surface area contributed by atoms with Crippen LogP contribution in [-0.4, -0.2) is 63.1 Å². The number of para-hydroxylation sites is 1. The van der Waals surface area contributed by atoms with Crippen LogP contribution in [0.3, 0.4) is 0 Å². The fraction of sp³-hybridized carbons (Fsp3) is 0.308. The van der Waals surface area contributed by atoms with Gasteiger partial charge in [0, 0.05) is 16.0 Å². The normalized spacial score (nSPS) is 19.1. The van der Waals surface area contributed by atoms with Crippen LogP contribution in [0.2, 0.25) is 5.02 Å². The lowest BCUT2D eigenvalue weighted by molar-refractivity contribution is -0.907. The lowest BCUT2D eigenvalue weighted by Crippen LogP contribution is -3.14. The van der Waals surface area contributed by atoms with Crippen molar-refractivity contribution >= 4 is 34.3 Å². The molecule has 0 bridgehead atoms. The van der Waals surface area contributed by atoms with Crippen LogP contribution in [-0.2, 0) is 9.53 Å². The molecule has 2 aliphatic heterocycles. The van der Waals surface area contributed by atoms with Gasteiger partial charge in [0.05, 0.1) is 39.5 Å². The molecule has 9 heteroatoms. The Balaban J connectivity index is 1.52.